The normalized spacial score (nSPS) is 13.2. The second-order valence-electron chi connectivity index (χ2n) is 4.68. The highest BCUT2D eigenvalue weighted by Crippen LogP contribution is 2.15. The van der Waals surface area contributed by atoms with Crippen LogP contribution in [0.25, 0.3) is 0 Å². The number of nitrogens with zero attached hydrogens (tertiary/aromatic N) is 1. The molecule has 1 heterocycles. The Morgan fingerprint density at radius 2 is 2.25 bits per heavy atom. The molecule has 0 radical (unpaired) electrons. The Hall–Kier alpha value is -1.42. The molecule has 0 unspecified atom stereocenters. The number of hydrogen-bond acceptors (Lipinski definition) is 4. The zero-order valence-electron chi connectivity index (χ0n) is 9.93. The molecule has 4 heteroatoms. The van der Waals surface area contributed by atoms with E-state index >= 15 is 0 Å². The van der Waals surface area contributed by atoms with Crippen molar-refractivity contribution in [3.63, 3.8) is 0 Å². The summed E-state index contributed by atoms with van der Waals surface area (Å²) in [6.45, 7) is 5.50. The Balaban J connectivity index is 2.52. The van der Waals surface area contributed by atoms with E-state index in [0.717, 1.165) is 5.56 Å². The Bertz CT molecular complexity index is 344. The van der Waals surface area contributed by atoms with Crippen molar-refractivity contribution in [2.24, 2.45) is 5.73 Å². The van der Waals surface area contributed by atoms with Crippen LogP contribution in [0.3, 0.4) is 0 Å². The summed E-state index contributed by atoms with van der Waals surface area (Å²) in [7, 11) is 0. The lowest BCUT2D eigenvalue weighted by Crippen LogP contribution is -2.26. The molecule has 88 valence electrons. The van der Waals surface area contributed by atoms with Crippen molar-refractivity contribution in [2.75, 3.05) is 0 Å². The van der Waals surface area contributed by atoms with E-state index in [1.165, 1.54) is 0 Å². The second-order valence-corrected chi connectivity index (χ2v) is 4.68. The molecule has 0 aliphatic rings. The lowest BCUT2D eigenvalue weighted by molar-refractivity contribution is -0.155. The fraction of sp³-hybridized carbons (Fsp3) is 0.500. The molecular formula is C12H18N2O2. The Morgan fingerprint density at radius 3 is 2.75 bits per heavy atom. The number of pyridine rings is 1. The molecule has 2 N–H and O–H groups in total. The van der Waals surface area contributed by atoms with Gasteiger partial charge in [-0.3, -0.25) is 9.78 Å². The van der Waals surface area contributed by atoms with E-state index in [1.807, 2.05) is 26.8 Å². The number of nitrogens with two attached hydrogens (primary N) is 1. The highest BCUT2D eigenvalue weighted by Gasteiger charge is 2.19. The maximum Gasteiger partial charge on any atom is 0.308 e. The predicted molar refractivity (Wildman–Crippen MR) is 61.6 cm³/mol. The molecule has 1 atom stereocenters. The average Bonchev–Trinajstić information content (AvgIpc) is 2.16. The van der Waals surface area contributed by atoms with E-state index in [1.54, 1.807) is 18.5 Å². The van der Waals surface area contributed by atoms with Crippen LogP contribution in [0.15, 0.2) is 24.5 Å². The van der Waals surface area contributed by atoms with Gasteiger partial charge in [-0.25, -0.2) is 0 Å². The van der Waals surface area contributed by atoms with Gasteiger partial charge in [0.15, 0.2) is 0 Å². The van der Waals surface area contributed by atoms with Gasteiger partial charge in [-0.2, -0.15) is 0 Å². The van der Waals surface area contributed by atoms with Gasteiger partial charge >= 0.3 is 5.97 Å². The van der Waals surface area contributed by atoms with Crippen molar-refractivity contribution in [2.45, 2.75) is 38.8 Å². The van der Waals surface area contributed by atoms with Gasteiger partial charge in [0, 0.05) is 18.4 Å². The molecule has 16 heavy (non-hydrogen) atoms. The summed E-state index contributed by atoms with van der Waals surface area (Å²) in [5.74, 6) is -0.288. The first-order valence-corrected chi connectivity index (χ1v) is 5.26. The minimum absolute atomic E-state index is 0.170. The fourth-order valence-electron chi connectivity index (χ4n) is 1.28. The van der Waals surface area contributed by atoms with E-state index < -0.39 is 5.60 Å². The third kappa shape index (κ3) is 4.40. The number of hydrogen-bond donors (Lipinski definition) is 1. The van der Waals surface area contributed by atoms with E-state index in [2.05, 4.69) is 4.98 Å². The average molecular weight is 222 g/mol. The Morgan fingerprint density at radius 1 is 1.56 bits per heavy atom. The number of rotatable bonds is 3. The van der Waals surface area contributed by atoms with E-state index in [-0.39, 0.29) is 18.4 Å². The summed E-state index contributed by atoms with van der Waals surface area (Å²) in [4.78, 5) is 15.5. The summed E-state index contributed by atoms with van der Waals surface area (Å²) in [5.41, 5.74) is 6.25. The third-order valence-electron chi connectivity index (χ3n) is 1.92. The molecule has 0 aliphatic heterocycles. The maximum absolute atomic E-state index is 11.5. The van der Waals surface area contributed by atoms with Crippen molar-refractivity contribution >= 4 is 5.97 Å². The smallest absolute Gasteiger partial charge is 0.308 e. The lowest BCUT2D eigenvalue weighted by Gasteiger charge is -2.20. The molecule has 0 saturated heterocycles. The molecule has 1 aromatic heterocycles. The van der Waals surface area contributed by atoms with Crippen LogP contribution in [0.1, 0.15) is 38.8 Å². The summed E-state index contributed by atoms with van der Waals surface area (Å²) in [6, 6.07) is 3.29. The zero-order chi connectivity index (χ0) is 12.2. The Labute approximate surface area is 95.8 Å². The molecule has 0 amide bonds. The van der Waals surface area contributed by atoms with Crippen molar-refractivity contribution in [3.05, 3.63) is 30.1 Å². The molecule has 0 saturated carbocycles. The Kier molecular flexibility index (Phi) is 4.01. The van der Waals surface area contributed by atoms with Crippen molar-refractivity contribution in [1.82, 2.24) is 4.98 Å². The molecule has 4 nitrogen and oxygen atoms in total. The summed E-state index contributed by atoms with van der Waals surface area (Å²) >= 11 is 0. The largest absolute Gasteiger partial charge is 0.460 e. The third-order valence-corrected chi connectivity index (χ3v) is 1.92. The van der Waals surface area contributed by atoms with E-state index in [9.17, 15) is 4.79 Å². The van der Waals surface area contributed by atoms with Crippen LogP contribution in [0.4, 0.5) is 0 Å². The van der Waals surface area contributed by atoms with Gasteiger partial charge in [0.2, 0.25) is 0 Å². The molecular weight excluding hydrogens is 204 g/mol. The monoisotopic (exact) mass is 222 g/mol. The zero-order valence-corrected chi connectivity index (χ0v) is 9.93. The first kappa shape index (κ1) is 12.6. The maximum atomic E-state index is 11.5. The van der Waals surface area contributed by atoms with Crippen molar-refractivity contribution in [3.8, 4) is 0 Å². The molecule has 1 rings (SSSR count). The second kappa shape index (κ2) is 5.07. The van der Waals surface area contributed by atoms with Crippen molar-refractivity contribution < 1.29 is 9.53 Å². The number of ether oxygens (including phenoxy) is 1. The van der Waals surface area contributed by atoms with Crippen LogP contribution in [0.5, 0.6) is 0 Å². The van der Waals surface area contributed by atoms with Gasteiger partial charge in [0.1, 0.15) is 5.60 Å². The van der Waals surface area contributed by atoms with E-state index in [4.69, 9.17) is 10.5 Å². The number of aromatic nitrogens is 1. The van der Waals surface area contributed by atoms with Gasteiger partial charge in [0.25, 0.3) is 0 Å². The van der Waals surface area contributed by atoms with Gasteiger partial charge in [-0.1, -0.05) is 6.07 Å². The van der Waals surface area contributed by atoms with E-state index in [0.29, 0.717) is 0 Å². The van der Waals surface area contributed by atoms with Gasteiger partial charge in [-0.15, -0.1) is 0 Å². The van der Waals surface area contributed by atoms with Crippen molar-refractivity contribution in [1.29, 1.82) is 0 Å². The lowest BCUT2D eigenvalue weighted by atomic mass is 10.1. The summed E-state index contributed by atoms with van der Waals surface area (Å²) < 4.78 is 5.19. The molecule has 1 aromatic rings. The van der Waals surface area contributed by atoms with Crippen LogP contribution in [0, 0.1) is 0 Å². The van der Waals surface area contributed by atoms with Crippen LogP contribution in [0.2, 0.25) is 0 Å². The first-order valence-electron chi connectivity index (χ1n) is 5.26. The molecule has 0 spiro atoms. The predicted octanol–water partition coefficient (Wildman–Crippen LogP) is 1.81. The highest BCUT2D eigenvalue weighted by atomic mass is 16.6. The van der Waals surface area contributed by atoms with Gasteiger partial charge < -0.3 is 10.5 Å². The van der Waals surface area contributed by atoms with Gasteiger partial charge in [0.05, 0.1) is 6.42 Å². The minimum Gasteiger partial charge on any atom is -0.460 e. The van der Waals surface area contributed by atoms with Crippen LogP contribution in [-0.4, -0.2) is 16.6 Å². The van der Waals surface area contributed by atoms with Gasteiger partial charge in [-0.05, 0) is 32.4 Å². The number of carbonyl (C=O) groups excluding carboxylic acids is 1. The number of esters is 1. The molecule has 0 fully saturated rings. The molecule has 0 aliphatic carbocycles. The summed E-state index contributed by atoms with van der Waals surface area (Å²) in [6.07, 6.45) is 3.50. The number of carbonyl (C=O) groups is 1. The van der Waals surface area contributed by atoms with Crippen LogP contribution >= 0.6 is 0 Å². The fourth-order valence-corrected chi connectivity index (χ4v) is 1.28. The van der Waals surface area contributed by atoms with Crippen LogP contribution < -0.4 is 5.73 Å². The van der Waals surface area contributed by atoms with Crippen LogP contribution in [-0.2, 0) is 9.53 Å². The molecule has 0 aromatic carbocycles. The quantitative estimate of drug-likeness (QED) is 0.792. The summed E-state index contributed by atoms with van der Waals surface area (Å²) in [5, 5.41) is 0. The molecule has 0 bridgehead atoms. The SMILES string of the molecule is CC(C)(C)OC(=O)C[C@@H](N)c1cccnc1. The standard InChI is InChI=1S/C12H18N2O2/c1-12(2,3)16-11(15)7-10(13)9-5-4-6-14-8-9/h4-6,8,10H,7,13H2,1-3H3/t10-/m1/s1. The minimum atomic E-state index is -0.467. The first-order chi connectivity index (χ1) is 7.38. The topological polar surface area (TPSA) is 65.2 Å². The highest BCUT2D eigenvalue weighted by molar-refractivity contribution is 5.70.